The van der Waals surface area contributed by atoms with Gasteiger partial charge in [-0.3, -0.25) is 14.6 Å². The molecule has 0 radical (unpaired) electrons. The van der Waals surface area contributed by atoms with E-state index in [4.69, 9.17) is 4.52 Å². The number of carbonyl (C=O) groups is 1. The highest BCUT2D eigenvalue weighted by Gasteiger charge is 2.28. The number of piperidine rings is 1. The Bertz CT molecular complexity index is 820. The minimum atomic E-state index is 0.257. The molecule has 0 saturated carbocycles. The summed E-state index contributed by atoms with van der Waals surface area (Å²) in [5.74, 6) is 2.03. The van der Waals surface area contributed by atoms with Crippen LogP contribution in [-0.2, 0) is 11.3 Å². The first-order valence-electron chi connectivity index (χ1n) is 10.7. The molecule has 2 aromatic rings. The minimum Gasteiger partial charge on any atom is -0.339 e. The van der Waals surface area contributed by atoms with Gasteiger partial charge in [-0.1, -0.05) is 29.4 Å². The molecule has 156 valence electrons. The number of hydrogen-bond acceptors (Lipinski definition) is 6. The number of benzene rings is 1. The highest BCUT2D eigenvalue weighted by molar-refractivity contribution is 5.78. The highest BCUT2D eigenvalue weighted by atomic mass is 16.5. The first-order valence-corrected chi connectivity index (χ1v) is 10.7. The van der Waals surface area contributed by atoms with E-state index in [9.17, 15) is 4.79 Å². The zero-order chi connectivity index (χ0) is 20.2. The second kappa shape index (κ2) is 9.05. The van der Waals surface area contributed by atoms with Gasteiger partial charge < -0.3 is 9.42 Å². The summed E-state index contributed by atoms with van der Waals surface area (Å²) < 4.78 is 5.32. The molecule has 1 amide bonds. The molecule has 7 heteroatoms. The van der Waals surface area contributed by atoms with Crippen LogP contribution in [0, 0.1) is 13.8 Å². The Morgan fingerprint density at radius 1 is 1.03 bits per heavy atom. The monoisotopic (exact) mass is 397 g/mol. The lowest BCUT2D eigenvalue weighted by atomic mass is 9.97. The maximum absolute atomic E-state index is 12.8. The Kier molecular flexibility index (Phi) is 6.25. The maximum atomic E-state index is 12.8. The van der Waals surface area contributed by atoms with Gasteiger partial charge in [0.25, 0.3) is 0 Å². The van der Waals surface area contributed by atoms with Crippen LogP contribution in [-0.4, -0.2) is 76.6 Å². The molecule has 2 saturated heterocycles. The lowest BCUT2D eigenvalue weighted by Crippen LogP contribution is -2.51. The molecule has 3 heterocycles. The number of carbonyl (C=O) groups excluding carboxylic acids is 1. The molecule has 0 bridgehead atoms. The predicted molar refractivity (Wildman–Crippen MR) is 110 cm³/mol. The molecular weight excluding hydrogens is 366 g/mol. The number of amides is 1. The molecular formula is C22H31N5O2. The molecule has 29 heavy (non-hydrogen) atoms. The van der Waals surface area contributed by atoms with Crippen LogP contribution in [0.3, 0.4) is 0 Å². The first-order chi connectivity index (χ1) is 14.1. The van der Waals surface area contributed by atoms with Crippen LogP contribution in [0.5, 0.6) is 0 Å². The third-order valence-corrected chi connectivity index (χ3v) is 6.22. The van der Waals surface area contributed by atoms with Crippen LogP contribution in [0.2, 0.25) is 0 Å². The van der Waals surface area contributed by atoms with E-state index in [0.29, 0.717) is 18.3 Å². The molecule has 0 spiro atoms. The third-order valence-electron chi connectivity index (χ3n) is 6.22. The summed E-state index contributed by atoms with van der Waals surface area (Å²) in [6.45, 7) is 10.8. The average molecular weight is 398 g/mol. The van der Waals surface area contributed by atoms with Gasteiger partial charge in [-0.05, 0) is 50.9 Å². The van der Waals surface area contributed by atoms with E-state index in [-0.39, 0.29) is 5.91 Å². The molecule has 0 atom stereocenters. The zero-order valence-electron chi connectivity index (χ0n) is 17.5. The van der Waals surface area contributed by atoms with Crippen molar-refractivity contribution < 1.29 is 9.32 Å². The number of aryl methyl sites for hydroxylation is 2. The van der Waals surface area contributed by atoms with E-state index in [0.717, 1.165) is 64.5 Å². The van der Waals surface area contributed by atoms with Gasteiger partial charge in [-0.2, -0.15) is 4.98 Å². The molecule has 0 aliphatic carbocycles. The Labute approximate surface area is 172 Å². The fourth-order valence-electron chi connectivity index (χ4n) is 4.29. The van der Waals surface area contributed by atoms with Crippen molar-refractivity contribution in [3.8, 4) is 0 Å². The van der Waals surface area contributed by atoms with Crippen LogP contribution >= 0.6 is 0 Å². The molecule has 2 aliphatic rings. The van der Waals surface area contributed by atoms with Crippen LogP contribution in [0.25, 0.3) is 0 Å². The van der Waals surface area contributed by atoms with E-state index in [1.165, 1.54) is 11.1 Å². The topological polar surface area (TPSA) is 65.7 Å². The van der Waals surface area contributed by atoms with Gasteiger partial charge in [-0.25, -0.2) is 0 Å². The fourth-order valence-corrected chi connectivity index (χ4v) is 4.29. The molecule has 7 nitrogen and oxygen atoms in total. The van der Waals surface area contributed by atoms with Gasteiger partial charge in [0.15, 0.2) is 5.82 Å². The largest absolute Gasteiger partial charge is 0.339 e. The van der Waals surface area contributed by atoms with Crippen LogP contribution in [0.1, 0.15) is 41.6 Å². The van der Waals surface area contributed by atoms with E-state index in [1.54, 1.807) is 0 Å². The molecule has 1 aromatic heterocycles. The Hall–Kier alpha value is -2.25. The smallest absolute Gasteiger partial charge is 0.236 e. The Balaban J connectivity index is 1.20. The van der Waals surface area contributed by atoms with E-state index in [1.807, 2.05) is 11.8 Å². The van der Waals surface area contributed by atoms with Crippen molar-refractivity contribution in [3.63, 3.8) is 0 Å². The van der Waals surface area contributed by atoms with E-state index < -0.39 is 0 Å². The van der Waals surface area contributed by atoms with Crippen LogP contribution < -0.4 is 0 Å². The van der Waals surface area contributed by atoms with Gasteiger partial charge in [0.05, 0.1) is 6.54 Å². The molecule has 1 aromatic carbocycles. The van der Waals surface area contributed by atoms with Gasteiger partial charge in [0.1, 0.15) is 0 Å². The molecule has 0 unspecified atom stereocenters. The van der Waals surface area contributed by atoms with Gasteiger partial charge in [0, 0.05) is 38.6 Å². The maximum Gasteiger partial charge on any atom is 0.236 e. The summed E-state index contributed by atoms with van der Waals surface area (Å²) >= 11 is 0. The number of hydrogen-bond donors (Lipinski definition) is 0. The van der Waals surface area contributed by atoms with Crippen molar-refractivity contribution in [2.75, 3.05) is 45.8 Å². The summed E-state index contributed by atoms with van der Waals surface area (Å²) in [5, 5.41) is 3.89. The third kappa shape index (κ3) is 5.03. The number of aromatic nitrogens is 2. The first kappa shape index (κ1) is 20.0. The van der Waals surface area contributed by atoms with Crippen molar-refractivity contribution in [2.24, 2.45) is 0 Å². The fraction of sp³-hybridized carbons (Fsp3) is 0.591. The van der Waals surface area contributed by atoms with Crippen molar-refractivity contribution in [3.05, 3.63) is 47.1 Å². The van der Waals surface area contributed by atoms with Crippen molar-refractivity contribution >= 4 is 5.91 Å². The van der Waals surface area contributed by atoms with Crippen LogP contribution in [0.4, 0.5) is 0 Å². The standard InChI is InChI=1S/C22H31N5O2/c1-17-5-3-4-6-20(17)15-26-11-13-27(14-12-26)21(28)16-25-9-7-19(8-10-25)22-23-18(2)24-29-22/h3-6,19H,7-16H2,1-2H3. The molecule has 4 rings (SSSR count). The summed E-state index contributed by atoms with van der Waals surface area (Å²) in [7, 11) is 0. The normalized spacial score (nSPS) is 19.6. The number of rotatable bonds is 5. The number of piperazine rings is 1. The average Bonchev–Trinajstić information content (AvgIpc) is 3.17. The summed E-state index contributed by atoms with van der Waals surface area (Å²) in [6, 6.07) is 8.55. The Morgan fingerprint density at radius 2 is 1.76 bits per heavy atom. The lowest BCUT2D eigenvalue weighted by Gasteiger charge is -2.37. The van der Waals surface area contributed by atoms with Crippen molar-refractivity contribution in [1.82, 2.24) is 24.8 Å². The van der Waals surface area contributed by atoms with Gasteiger partial charge in [0.2, 0.25) is 11.8 Å². The number of likely N-dealkylation sites (tertiary alicyclic amines) is 1. The van der Waals surface area contributed by atoms with Gasteiger partial charge in [-0.15, -0.1) is 0 Å². The van der Waals surface area contributed by atoms with E-state index >= 15 is 0 Å². The van der Waals surface area contributed by atoms with Crippen LogP contribution in [0.15, 0.2) is 28.8 Å². The van der Waals surface area contributed by atoms with Crippen molar-refractivity contribution in [2.45, 2.75) is 39.2 Å². The second-order valence-corrected chi connectivity index (χ2v) is 8.31. The quantitative estimate of drug-likeness (QED) is 0.771. The predicted octanol–water partition coefficient (Wildman–Crippen LogP) is 2.21. The molecule has 0 N–H and O–H groups in total. The number of nitrogens with zero attached hydrogens (tertiary/aromatic N) is 5. The summed E-state index contributed by atoms with van der Waals surface area (Å²) in [6.07, 6.45) is 1.94. The lowest BCUT2D eigenvalue weighted by molar-refractivity contribution is -0.134. The second-order valence-electron chi connectivity index (χ2n) is 8.31. The molecule has 2 aliphatic heterocycles. The minimum absolute atomic E-state index is 0.257. The SMILES string of the molecule is Cc1noc(C2CCN(CC(=O)N3CCN(Cc4ccccc4C)CC3)CC2)n1. The van der Waals surface area contributed by atoms with E-state index in [2.05, 4.69) is 51.1 Å². The highest BCUT2D eigenvalue weighted by Crippen LogP contribution is 2.26. The molecule has 2 fully saturated rings. The Morgan fingerprint density at radius 3 is 2.41 bits per heavy atom. The summed E-state index contributed by atoms with van der Waals surface area (Å²) in [4.78, 5) is 23.9. The summed E-state index contributed by atoms with van der Waals surface area (Å²) in [5.41, 5.74) is 2.72. The zero-order valence-corrected chi connectivity index (χ0v) is 17.5. The van der Waals surface area contributed by atoms with Crippen molar-refractivity contribution in [1.29, 1.82) is 0 Å². The van der Waals surface area contributed by atoms with Gasteiger partial charge >= 0.3 is 0 Å².